The molecule has 0 saturated carbocycles. The normalized spacial score (nSPS) is 14.2. The molecule has 0 bridgehead atoms. The molecule has 1 aliphatic rings. The second kappa shape index (κ2) is 8.46. The third kappa shape index (κ3) is 4.15. The van der Waals surface area contributed by atoms with Gasteiger partial charge >= 0.3 is 0 Å². The van der Waals surface area contributed by atoms with E-state index in [4.69, 9.17) is 4.74 Å². The first kappa shape index (κ1) is 21.4. The van der Waals surface area contributed by atoms with Crippen LogP contribution in [0.15, 0.2) is 76.4 Å². The van der Waals surface area contributed by atoms with Gasteiger partial charge in [-0.05, 0) is 40.6 Å². The molecule has 1 aliphatic heterocycles. The van der Waals surface area contributed by atoms with Gasteiger partial charge in [-0.1, -0.05) is 42.5 Å². The van der Waals surface area contributed by atoms with Crippen molar-refractivity contribution in [1.82, 2.24) is 14.3 Å². The zero-order chi connectivity index (χ0) is 23.0. The van der Waals surface area contributed by atoms with Crippen LogP contribution in [0.4, 0.5) is 0 Å². The highest BCUT2D eigenvalue weighted by Crippen LogP contribution is 2.25. The van der Waals surface area contributed by atoms with Crippen LogP contribution in [0.3, 0.4) is 0 Å². The van der Waals surface area contributed by atoms with E-state index in [0.717, 1.165) is 22.1 Å². The van der Waals surface area contributed by atoms with Crippen LogP contribution in [0.5, 0.6) is 5.75 Å². The average Bonchev–Trinajstić information content (AvgIpc) is 2.84. The predicted octanol–water partition coefficient (Wildman–Crippen LogP) is 3.27. The van der Waals surface area contributed by atoms with Gasteiger partial charge in [-0.2, -0.15) is 4.31 Å². The monoisotopic (exact) mass is 461 g/mol. The quantitative estimate of drug-likeness (QED) is 0.493. The van der Waals surface area contributed by atoms with Crippen LogP contribution < -0.4 is 10.3 Å². The smallest absolute Gasteiger partial charge is 0.255 e. The lowest BCUT2D eigenvalue weighted by atomic mass is 10.1. The number of sulfonamides is 1. The molecule has 5 rings (SSSR count). The molecule has 0 atom stereocenters. The van der Waals surface area contributed by atoms with Crippen LogP contribution in [0.25, 0.3) is 10.8 Å². The lowest BCUT2D eigenvalue weighted by molar-refractivity contribution is 0.384. The maximum atomic E-state index is 13.3. The van der Waals surface area contributed by atoms with Gasteiger partial charge in [0.1, 0.15) is 11.6 Å². The van der Waals surface area contributed by atoms with E-state index in [2.05, 4.69) is 9.97 Å². The summed E-state index contributed by atoms with van der Waals surface area (Å²) >= 11 is 0. The molecule has 1 aromatic heterocycles. The summed E-state index contributed by atoms with van der Waals surface area (Å²) in [5.74, 6) is 1.33. The standard InChI is InChI=1S/C25H23N3O4S/c1-32-20-9-6-17(7-10-20)14-24-26-23-12-13-28(16-22(23)25(29)27-24)33(30,31)21-11-8-18-4-2-3-5-19(18)15-21/h2-11,15H,12-14,16H2,1H3,(H,26,27,29). The zero-order valence-corrected chi connectivity index (χ0v) is 18.9. The summed E-state index contributed by atoms with van der Waals surface area (Å²) in [5.41, 5.74) is 1.77. The Hall–Kier alpha value is -3.49. The number of ether oxygens (including phenoxy) is 1. The Morgan fingerprint density at radius 2 is 1.79 bits per heavy atom. The van der Waals surface area contributed by atoms with Crippen molar-refractivity contribution in [3.63, 3.8) is 0 Å². The molecule has 1 N–H and O–H groups in total. The Morgan fingerprint density at radius 3 is 2.55 bits per heavy atom. The number of fused-ring (bicyclic) bond motifs is 2. The van der Waals surface area contributed by atoms with Crippen LogP contribution >= 0.6 is 0 Å². The lowest BCUT2D eigenvalue weighted by Crippen LogP contribution is -2.39. The molecule has 0 spiro atoms. The van der Waals surface area contributed by atoms with Crippen LogP contribution in [0, 0.1) is 0 Å². The first-order valence-corrected chi connectivity index (χ1v) is 12.1. The van der Waals surface area contributed by atoms with E-state index in [1.54, 1.807) is 25.3 Å². The molecule has 3 aromatic carbocycles. The van der Waals surface area contributed by atoms with Crippen LogP contribution in [0.2, 0.25) is 0 Å². The third-order valence-electron chi connectivity index (χ3n) is 5.97. The molecule has 4 aromatic rings. The molecule has 2 heterocycles. The summed E-state index contributed by atoms with van der Waals surface area (Å²) in [6, 6.07) is 20.3. The second-order valence-corrected chi connectivity index (χ2v) is 10.00. The number of methoxy groups -OCH3 is 1. The van der Waals surface area contributed by atoms with Crippen molar-refractivity contribution in [2.24, 2.45) is 0 Å². The number of rotatable bonds is 5. The summed E-state index contributed by atoms with van der Waals surface area (Å²) in [7, 11) is -2.13. The minimum atomic E-state index is -3.74. The van der Waals surface area contributed by atoms with E-state index in [0.29, 0.717) is 29.9 Å². The molecule has 0 aliphatic carbocycles. The van der Waals surface area contributed by atoms with Gasteiger partial charge in [0.25, 0.3) is 5.56 Å². The summed E-state index contributed by atoms with van der Waals surface area (Å²) in [5, 5.41) is 1.84. The average molecular weight is 462 g/mol. The molecule has 0 saturated heterocycles. The SMILES string of the molecule is COc1ccc(Cc2nc3c(c(=O)[nH]2)CN(S(=O)(=O)c2ccc4ccccc4c2)CC3)cc1. The van der Waals surface area contributed by atoms with Gasteiger partial charge in [-0.25, -0.2) is 13.4 Å². The fourth-order valence-electron chi connectivity index (χ4n) is 4.15. The fourth-order valence-corrected chi connectivity index (χ4v) is 5.60. The molecular formula is C25H23N3O4S. The topological polar surface area (TPSA) is 92.4 Å². The summed E-state index contributed by atoms with van der Waals surface area (Å²) in [6.45, 7) is 0.288. The predicted molar refractivity (Wildman–Crippen MR) is 126 cm³/mol. The minimum absolute atomic E-state index is 0.00957. The number of nitrogens with zero attached hydrogens (tertiary/aromatic N) is 2. The van der Waals surface area contributed by atoms with Gasteiger partial charge in [0.15, 0.2) is 0 Å². The maximum Gasteiger partial charge on any atom is 0.255 e. The molecule has 33 heavy (non-hydrogen) atoms. The van der Waals surface area contributed by atoms with Crippen molar-refractivity contribution in [3.8, 4) is 5.75 Å². The third-order valence-corrected chi connectivity index (χ3v) is 7.81. The zero-order valence-electron chi connectivity index (χ0n) is 18.1. The van der Waals surface area contributed by atoms with E-state index >= 15 is 0 Å². The number of aromatic amines is 1. The van der Waals surface area contributed by atoms with E-state index < -0.39 is 10.0 Å². The molecule has 0 fully saturated rings. The van der Waals surface area contributed by atoms with Gasteiger partial charge in [0.2, 0.25) is 10.0 Å². The van der Waals surface area contributed by atoms with Gasteiger partial charge in [-0.3, -0.25) is 4.79 Å². The second-order valence-electron chi connectivity index (χ2n) is 8.06. The summed E-state index contributed by atoms with van der Waals surface area (Å²) in [6.07, 6.45) is 0.868. The Bertz CT molecular complexity index is 1490. The minimum Gasteiger partial charge on any atom is -0.497 e. The lowest BCUT2D eigenvalue weighted by Gasteiger charge is -2.27. The van der Waals surface area contributed by atoms with Gasteiger partial charge in [0.05, 0.1) is 23.3 Å². The number of nitrogens with one attached hydrogen (secondary N) is 1. The fraction of sp³-hybridized carbons (Fsp3) is 0.200. The number of aromatic nitrogens is 2. The van der Waals surface area contributed by atoms with Crippen LogP contribution in [0.1, 0.15) is 22.6 Å². The van der Waals surface area contributed by atoms with E-state index in [9.17, 15) is 13.2 Å². The summed E-state index contributed by atoms with van der Waals surface area (Å²) < 4.78 is 33.1. The Labute approximate surface area is 191 Å². The summed E-state index contributed by atoms with van der Waals surface area (Å²) in [4.78, 5) is 20.5. The van der Waals surface area contributed by atoms with Gasteiger partial charge < -0.3 is 9.72 Å². The van der Waals surface area contributed by atoms with E-state index in [-0.39, 0.29) is 23.5 Å². The maximum absolute atomic E-state index is 13.3. The molecule has 0 radical (unpaired) electrons. The molecule has 7 nitrogen and oxygen atoms in total. The van der Waals surface area contributed by atoms with E-state index in [1.807, 2.05) is 48.5 Å². The van der Waals surface area contributed by atoms with E-state index in [1.165, 1.54) is 4.31 Å². The Balaban J connectivity index is 1.40. The first-order chi connectivity index (χ1) is 15.9. The Kier molecular flexibility index (Phi) is 5.47. The first-order valence-electron chi connectivity index (χ1n) is 10.7. The van der Waals surface area contributed by atoms with Crippen molar-refractivity contribution in [2.75, 3.05) is 13.7 Å². The Morgan fingerprint density at radius 1 is 1.03 bits per heavy atom. The molecule has 0 unspecified atom stereocenters. The molecule has 168 valence electrons. The number of hydrogen-bond acceptors (Lipinski definition) is 5. The van der Waals surface area contributed by atoms with Crippen molar-refractivity contribution < 1.29 is 13.2 Å². The van der Waals surface area contributed by atoms with Crippen LogP contribution in [-0.4, -0.2) is 36.3 Å². The molecule has 8 heteroatoms. The van der Waals surface area contributed by atoms with Crippen LogP contribution in [-0.2, 0) is 29.4 Å². The largest absolute Gasteiger partial charge is 0.497 e. The highest BCUT2D eigenvalue weighted by Gasteiger charge is 2.30. The number of benzene rings is 3. The number of hydrogen-bond donors (Lipinski definition) is 1. The molecule has 0 amide bonds. The van der Waals surface area contributed by atoms with Crippen molar-refractivity contribution in [3.05, 3.63) is 99.7 Å². The van der Waals surface area contributed by atoms with Crippen molar-refractivity contribution >= 4 is 20.8 Å². The highest BCUT2D eigenvalue weighted by molar-refractivity contribution is 7.89. The van der Waals surface area contributed by atoms with Gasteiger partial charge in [-0.15, -0.1) is 0 Å². The van der Waals surface area contributed by atoms with Gasteiger partial charge in [0, 0.05) is 25.9 Å². The van der Waals surface area contributed by atoms with Crippen molar-refractivity contribution in [2.45, 2.75) is 24.3 Å². The number of H-pyrrole nitrogens is 1. The highest BCUT2D eigenvalue weighted by atomic mass is 32.2. The molecular weight excluding hydrogens is 438 g/mol. The van der Waals surface area contributed by atoms with Crippen molar-refractivity contribution in [1.29, 1.82) is 0 Å².